The molecule has 14 heavy (non-hydrogen) atoms. The van der Waals surface area contributed by atoms with Crippen molar-refractivity contribution in [3.05, 3.63) is 0 Å². The van der Waals surface area contributed by atoms with Crippen LogP contribution < -0.4 is 0 Å². The van der Waals surface area contributed by atoms with Gasteiger partial charge in [0.25, 0.3) is 0 Å². The summed E-state index contributed by atoms with van der Waals surface area (Å²) in [4.78, 5) is 0. The summed E-state index contributed by atoms with van der Waals surface area (Å²) in [6.07, 6.45) is 10.8. The molecule has 5 unspecified atom stereocenters. The van der Waals surface area contributed by atoms with E-state index in [0.717, 1.165) is 29.1 Å². The number of fused-ring (bicyclic) bond motifs is 5. The van der Waals surface area contributed by atoms with E-state index in [1.807, 2.05) is 0 Å². The predicted molar refractivity (Wildman–Crippen MR) is 60.1 cm³/mol. The monoisotopic (exact) mass is 192 g/mol. The van der Waals surface area contributed by atoms with Crippen LogP contribution in [0.4, 0.5) is 0 Å². The van der Waals surface area contributed by atoms with Gasteiger partial charge in [-0.1, -0.05) is 33.1 Å². The average molecular weight is 192 g/mol. The molecule has 0 N–H and O–H groups in total. The zero-order chi connectivity index (χ0) is 9.76. The number of hydrogen-bond donors (Lipinski definition) is 0. The maximum absolute atomic E-state index is 2.57. The first kappa shape index (κ1) is 9.24. The lowest BCUT2D eigenvalue weighted by atomic mass is 9.61. The summed E-state index contributed by atoms with van der Waals surface area (Å²) in [6, 6.07) is 0. The van der Waals surface area contributed by atoms with E-state index in [1.54, 1.807) is 25.7 Å². The Labute approximate surface area is 88.5 Å². The molecule has 0 radical (unpaired) electrons. The zero-order valence-corrected chi connectivity index (χ0v) is 9.76. The molecule has 0 amide bonds. The molecule has 0 heteroatoms. The molecule has 0 aromatic carbocycles. The highest BCUT2D eigenvalue weighted by Crippen LogP contribution is 2.65. The van der Waals surface area contributed by atoms with Crippen molar-refractivity contribution in [2.24, 2.45) is 29.1 Å². The maximum atomic E-state index is 2.57. The van der Waals surface area contributed by atoms with Gasteiger partial charge in [0, 0.05) is 0 Å². The molecule has 0 nitrogen and oxygen atoms in total. The second kappa shape index (κ2) is 3.00. The Balaban J connectivity index is 1.85. The van der Waals surface area contributed by atoms with Gasteiger partial charge in [0.2, 0.25) is 0 Å². The van der Waals surface area contributed by atoms with E-state index in [1.165, 1.54) is 19.3 Å². The van der Waals surface area contributed by atoms with Crippen molar-refractivity contribution < 1.29 is 0 Å². The van der Waals surface area contributed by atoms with Crippen LogP contribution in [0.3, 0.4) is 0 Å². The van der Waals surface area contributed by atoms with Crippen molar-refractivity contribution in [1.82, 2.24) is 0 Å². The molecule has 80 valence electrons. The highest BCUT2D eigenvalue weighted by Gasteiger charge is 2.56. The first-order chi connectivity index (χ1) is 6.74. The van der Waals surface area contributed by atoms with Gasteiger partial charge in [-0.2, -0.15) is 0 Å². The molecule has 3 fully saturated rings. The normalized spacial score (nSPS) is 56.1. The highest BCUT2D eigenvalue weighted by molar-refractivity contribution is 5.06. The molecule has 3 aliphatic rings. The lowest BCUT2D eigenvalue weighted by Crippen LogP contribution is -2.36. The smallest absolute Gasteiger partial charge is 0.0295 e. The molecule has 0 aromatic heterocycles. The van der Waals surface area contributed by atoms with Gasteiger partial charge in [-0.15, -0.1) is 0 Å². The van der Waals surface area contributed by atoms with Gasteiger partial charge < -0.3 is 0 Å². The van der Waals surface area contributed by atoms with Crippen LogP contribution >= 0.6 is 0 Å². The summed E-state index contributed by atoms with van der Waals surface area (Å²) in [6.45, 7) is 4.99. The first-order valence-corrected chi connectivity index (χ1v) is 6.74. The Hall–Kier alpha value is 0. The van der Waals surface area contributed by atoms with Gasteiger partial charge in [-0.05, 0) is 54.8 Å². The fourth-order valence-corrected chi connectivity index (χ4v) is 5.14. The topological polar surface area (TPSA) is 0 Å². The van der Waals surface area contributed by atoms with Crippen LogP contribution in [0.1, 0.15) is 58.8 Å². The molecule has 0 spiro atoms. The molecule has 3 aliphatic carbocycles. The summed E-state index contributed by atoms with van der Waals surface area (Å²) in [5.74, 6) is 4.55. The van der Waals surface area contributed by atoms with Crippen LogP contribution in [-0.4, -0.2) is 0 Å². The standard InChI is InChI=1S/C14H24/c1-3-14(2)9-10-8-13(14)12-7-5-4-6-11(10)12/h10-13H,3-9H2,1-2H3. The van der Waals surface area contributed by atoms with Crippen molar-refractivity contribution in [3.8, 4) is 0 Å². The summed E-state index contributed by atoms with van der Waals surface area (Å²) < 4.78 is 0. The molecule has 2 bridgehead atoms. The van der Waals surface area contributed by atoms with Crippen LogP contribution in [-0.2, 0) is 0 Å². The summed E-state index contributed by atoms with van der Waals surface area (Å²) in [5, 5.41) is 0. The molecular weight excluding hydrogens is 168 g/mol. The maximum Gasteiger partial charge on any atom is -0.0295 e. The Kier molecular flexibility index (Phi) is 1.98. The first-order valence-electron chi connectivity index (χ1n) is 6.74. The quantitative estimate of drug-likeness (QED) is 0.582. The van der Waals surface area contributed by atoms with E-state index >= 15 is 0 Å². The fraction of sp³-hybridized carbons (Fsp3) is 1.00. The molecular formula is C14H24. The molecule has 0 heterocycles. The van der Waals surface area contributed by atoms with Gasteiger partial charge in [0.1, 0.15) is 0 Å². The number of rotatable bonds is 1. The van der Waals surface area contributed by atoms with Gasteiger partial charge in [0.05, 0.1) is 0 Å². The third-order valence-corrected chi connectivity index (χ3v) is 5.99. The Morgan fingerprint density at radius 2 is 1.86 bits per heavy atom. The third-order valence-electron chi connectivity index (χ3n) is 5.99. The zero-order valence-electron chi connectivity index (χ0n) is 9.76. The highest BCUT2D eigenvalue weighted by atomic mass is 14.6. The van der Waals surface area contributed by atoms with Crippen molar-refractivity contribution in [2.75, 3.05) is 0 Å². The van der Waals surface area contributed by atoms with E-state index in [9.17, 15) is 0 Å². The lowest BCUT2D eigenvalue weighted by Gasteiger charge is -2.44. The minimum atomic E-state index is 0.739. The van der Waals surface area contributed by atoms with E-state index in [4.69, 9.17) is 0 Å². The Bertz CT molecular complexity index is 232. The van der Waals surface area contributed by atoms with Crippen molar-refractivity contribution in [1.29, 1.82) is 0 Å². The average Bonchev–Trinajstić information content (AvgIpc) is 2.74. The van der Waals surface area contributed by atoms with Crippen molar-refractivity contribution >= 4 is 0 Å². The summed E-state index contributed by atoms with van der Waals surface area (Å²) >= 11 is 0. The predicted octanol–water partition coefficient (Wildman–Crippen LogP) is 4.25. The molecule has 0 aromatic rings. The fourth-order valence-electron chi connectivity index (χ4n) is 5.14. The van der Waals surface area contributed by atoms with E-state index in [0.29, 0.717) is 0 Å². The van der Waals surface area contributed by atoms with Crippen molar-refractivity contribution in [3.63, 3.8) is 0 Å². The Morgan fingerprint density at radius 3 is 2.57 bits per heavy atom. The van der Waals surface area contributed by atoms with Gasteiger partial charge in [0.15, 0.2) is 0 Å². The second-order valence-corrected chi connectivity index (χ2v) is 6.43. The summed E-state index contributed by atoms with van der Waals surface area (Å²) in [5.41, 5.74) is 0.739. The van der Waals surface area contributed by atoms with Crippen LogP contribution in [0.5, 0.6) is 0 Å². The third kappa shape index (κ3) is 1.06. The van der Waals surface area contributed by atoms with E-state index in [2.05, 4.69) is 13.8 Å². The number of hydrogen-bond acceptors (Lipinski definition) is 0. The second-order valence-electron chi connectivity index (χ2n) is 6.43. The van der Waals surface area contributed by atoms with Crippen molar-refractivity contribution in [2.45, 2.75) is 58.8 Å². The SMILES string of the molecule is CCC1(C)CC2CC1C1CCCCC21. The van der Waals surface area contributed by atoms with Crippen LogP contribution in [0.15, 0.2) is 0 Å². The Morgan fingerprint density at radius 1 is 1.14 bits per heavy atom. The molecule has 3 rings (SSSR count). The van der Waals surface area contributed by atoms with E-state index < -0.39 is 0 Å². The van der Waals surface area contributed by atoms with Crippen LogP contribution in [0, 0.1) is 29.1 Å². The van der Waals surface area contributed by atoms with Gasteiger partial charge in [-0.25, -0.2) is 0 Å². The largest absolute Gasteiger partial charge is 0.0649 e. The molecule has 5 atom stereocenters. The minimum Gasteiger partial charge on any atom is -0.0649 e. The van der Waals surface area contributed by atoms with Crippen LogP contribution in [0.25, 0.3) is 0 Å². The van der Waals surface area contributed by atoms with E-state index in [-0.39, 0.29) is 0 Å². The summed E-state index contributed by atoms with van der Waals surface area (Å²) in [7, 11) is 0. The molecule has 3 saturated carbocycles. The molecule has 0 saturated heterocycles. The molecule has 0 aliphatic heterocycles. The lowest BCUT2D eigenvalue weighted by molar-refractivity contribution is 0.0508. The minimum absolute atomic E-state index is 0.739. The van der Waals surface area contributed by atoms with Gasteiger partial charge in [-0.3, -0.25) is 0 Å². The van der Waals surface area contributed by atoms with Crippen LogP contribution in [0.2, 0.25) is 0 Å². The van der Waals surface area contributed by atoms with Gasteiger partial charge >= 0.3 is 0 Å².